The standard InChI is InChI=1S/C14H16N2/c1-10-5-4-6-11(2)14(10)12(3)7-13-8-15-9-16-13/h4-9H,1-3H3,(H,15,16)/b12-7+. The monoisotopic (exact) mass is 212 g/mol. The fourth-order valence-electron chi connectivity index (χ4n) is 2.09. The minimum absolute atomic E-state index is 1.04. The van der Waals surface area contributed by atoms with E-state index in [0.29, 0.717) is 0 Å². The van der Waals surface area contributed by atoms with Crippen LogP contribution in [0.5, 0.6) is 0 Å². The Morgan fingerprint density at radius 3 is 2.50 bits per heavy atom. The van der Waals surface area contributed by atoms with Gasteiger partial charge in [-0.2, -0.15) is 0 Å². The normalized spacial score (nSPS) is 11.8. The topological polar surface area (TPSA) is 28.7 Å². The number of rotatable bonds is 2. The summed E-state index contributed by atoms with van der Waals surface area (Å²) >= 11 is 0. The summed E-state index contributed by atoms with van der Waals surface area (Å²) < 4.78 is 0. The molecule has 1 heterocycles. The average Bonchev–Trinajstić information content (AvgIpc) is 2.70. The maximum absolute atomic E-state index is 4.01. The molecule has 2 heteroatoms. The highest BCUT2D eigenvalue weighted by Gasteiger charge is 2.04. The van der Waals surface area contributed by atoms with Gasteiger partial charge in [0.2, 0.25) is 0 Å². The van der Waals surface area contributed by atoms with Crippen molar-refractivity contribution in [3.8, 4) is 0 Å². The zero-order valence-corrected chi connectivity index (χ0v) is 9.91. The molecular formula is C14H16N2. The van der Waals surface area contributed by atoms with Gasteiger partial charge >= 0.3 is 0 Å². The van der Waals surface area contributed by atoms with E-state index in [1.807, 2.05) is 6.20 Å². The number of imidazole rings is 1. The number of aromatic nitrogens is 2. The lowest BCUT2D eigenvalue weighted by Gasteiger charge is -2.09. The molecule has 0 aliphatic heterocycles. The third-order valence-electron chi connectivity index (χ3n) is 2.77. The van der Waals surface area contributed by atoms with Crippen molar-refractivity contribution in [3.63, 3.8) is 0 Å². The molecule has 2 rings (SSSR count). The van der Waals surface area contributed by atoms with Crippen molar-refractivity contribution in [2.24, 2.45) is 0 Å². The third kappa shape index (κ3) is 2.06. The molecule has 0 atom stereocenters. The second-order valence-electron chi connectivity index (χ2n) is 4.10. The Morgan fingerprint density at radius 1 is 1.25 bits per heavy atom. The summed E-state index contributed by atoms with van der Waals surface area (Å²) in [5.74, 6) is 0. The van der Waals surface area contributed by atoms with E-state index in [-0.39, 0.29) is 0 Å². The molecule has 0 aliphatic rings. The molecule has 0 bridgehead atoms. The summed E-state index contributed by atoms with van der Waals surface area (Å²) in [7, 11) is 0. The SMILES string of the molecule is C/C(=C\c1cnc[nH]1)c1c(C)cccc1C. The molecule has 2 aromatic rings. The Balaban J connectivity index is 2.45. The molecule has 16 heavy (non-hydrogen) atoms. The van der Waals surface area contributed by atoms with Crippen LogP contribution in [-0.2, 0) is 0 Å². The minimum Gasteiger partial charge on any atom is -0.345 e. The van der Waals surface area contributed by atoms with Crippen LogP contribution in [-0.4, -0.2) is 9.97 Å². The van der Waals surface area contributed by atoms with Crippen LogP contribution in [0.3, 0.4) is 0 Å². The van der Waals surface area contributed by atoms with Gasteiger partial charge in [0.25, 0.3) is 0 Å². The molecule has 1 N–H and O–H groups in total. The summed E-state index contributed by atoms with van der Waals surface area (Å²) in [6.07, 6.45) is 5.66. The van der Waals surface area contributed by atoms with Crippen molar-refractivity contribution in [2.45, 2.75) is 20.8 Å². The molecule has 0 radical (unpaired) electrons. The molecule has 0 saturated heterocycles. The summed E-state index contributed by atoms with van der Waals surface area (Å²) in [5.41, 5.74) is 6.26. The van der Waals surface area contributed by atoms with Gasteiger partial charge in [0.15, 0.2) is 0 Å². The van der Waals surface area contributed by atoms with Gasteiger partial charge in [0.05, 0.1) is 18.2 Å². The summed E-state index contributed by atoms with van der Waals surface area (Å²) in [6.45, 7) is 6.43. The van der Waals surface area contributed by atoms with Gasteiger partial charge in [-0.1, -0.05) is 18.2 Å². The molecule has 0 aliphatic carbocycles. The molecular weight excluding hydrogens is 196 g/mol. The van der Waals surface area contributed by atoms with Crippen LogP contribution in [0.25, 0.3) is 11.6 Å². The molecule has 82 valence electrons. The minimum atomic E-state index is 1.04. The predicted octanol–water partition coefficient (Wildman–Crippen LogP) is 3.59. The fraction of sp³-hybridized carbons (Fsp3) is 0.214. The quantitative estimate of drug-likeness (QED) is 0.809. The lowest BCUT2D eigenvalue weighted by Crippen LogP contribution is -1.90. The maximum atomic E-state index is 4.01. The van der Waals surface area contributed by atoms with Crippen molar-refractivity contribution in [1.29, 1.82) is 0 Å². The van der Waals surface area contributed by atoms with E-state index >= 15 is 0 Å². The Labute approximate surface area is 96.1 Å². The van der Waals surface area contributed by atoms with Crippen LogP contribution in [0.4, 0.5) is 0 Å². The largest absolute Gasteiger partial charge is 0.345 e. The molecule has 1 aromatic heterocycles. The number of aryl methyl sites for hydroxylation is 2. The zero-order valence-electron chi connectivity index (χ0n) is 9.91. The van der Waals surface area contributed by atoms with E-state index in [4.69, 9.17) is 0 Å². The van der Waals surface area contributed by atoms with Crippen molar-refractivity contribution in [3.05, 3.63) is 53.1 Å². The number of allylic oxidation sites excluding steroid dienone is 1. The third-order valence-corrected chi connectivity index (χ3v) is 2.77. The van der Waals surface area contributed by atoms with Gasteiger partial charge in [0.1, 0.15) is 0 Å². The number of H-pyrrole nitrogens is 1. The molecule has 0 amide bonds. The van der Waals surface area contributed by atoms with Crippen molar-refractivity contribution in [2.75, 3.05) is 0 Å². The van der Waals surface area contributed by atoms with Crippen molar-refractivity contribution in [1.82, 2.24) is 9.97 Å². The van der Waals surface area contributed by atoms with Gasteiger partial charge in [-0.05, 0) is 49.1 Å². The number of aromatic amines is 1. The first-order valence-corrected chi connectivity index (χ1v) is 5.42. The lowest BCUT2D eigenvalue weighted by molar-refractivity contribution is 1.30. The van der Waals surface area contributed by atoms with Gasteiger partial charge in [-0.3, -0.25) is 0 Å². The van der Waals surface area contributed by atoms with Crippen LogP contribution in [0.2, 0.25) is 0 Å². The Hall–Kier alpha value is -1.83. The number of nitrogens with zero attached hydrogens (tertiary/aromatic N) is 1. The maximum Gasteiger partial charge on any atom is 0.0924 e. The summed E-state index contributed by atoms with van der Waals surface area (Å²) in [4.78, 5) is 7.10. The number of benzene rings is 1. The first-order valence-electron chi connectivity index (χ1n) is 5.42. The van der Waals surface area contributed by atoms with Crippen LogP contribution in [0.1, 0.15) is 29.3 Å². The van der Waals surface area contributed by atoms with Gasteiger partial charge in [0, 0.05) is 0 Å². The predicted molar refractivity (Wildman–Crippen MR) is 68.0 cm³/mol. The zero-order chi connectivity index (χ0) is 11.5. The van der Waals surface area contributed by atoms with Crippen LogP contribution in [0.15, 0.2) is 30.7 Å². The fourth-order valence-corrected chi connectivity index (χ4v) is 2.09. The Kier molecular flexibility index (Phi) is 2.91. The van der Waals surface area contributed by atoms with Crippen LogP contribution < -0.4 is 0 Å². The van der Waals surface area contributed by atoms with E-state index in [1.165, 1.54) is 22.3 Å². The van der Waals surface area contributed by atoms with Crippen molar-refractivity contribution >= 4 is 11.6 Å². The molecule has 2 nitrogen and oxygen atoms in total. The van der Waals surface area contributed by atoms with E-state index in [1.54, 1.807) is 6.33 Å². The second kappa shape index (κ2) is 4.35. The number of nitrogens with one attached hydrogen (secondary N) is 1. The molecule has 1 aromatic carbocycles. The van der Waals surface area contributed by atoms with E-state index < -0.39 is 0 Å². The van der Waals surface area contributed by atoms with Crippen molar-refractivity contribution < 1.29 is 0 Å². The van der Waals surface area contributed by atoms with E-state index in [2.05, 4.69) is 55.0 Å². The Bertz CT molecular complexity index is 487. The number of hydrogen-bond acceptors (Lipinski definition) is 1. The molecule has 0 fully saturated rings. The summed E-state index contributed by atoms with van der Waals surface area (Å²) in [6, 6.07) is 6.39. The second-order valence-corrected chi connectivity index (χ2v) is 4.10. The lowest BCUT2D eigenvalue weighted by atomic mass is 9.96. The molecule has 0 spiro atoms. The Morgan fingerprint density at radius 2 is 1.94 bits per heavy atom. The first-order chi connectivity index (χ1) is 7.68. The van der Waals surface area contributed by atoms with E-state index in [9.17, 15) is 0 Å². The van der Waals surface area contributed by atoms with Gasteiger partial charge in [-0.15, -0.1) is 0 Å². The van der Waals surface area contributed by atoms with Gasteiger partial charge < -0.3 is 4.98 Å². The van der Waals surface area contributed by atoms with Crippen LogP contribution >= 0.6 is 0 Å². The molecule has 0 saturated carbocycles. The van der Waals surface area contributed by atoms with E-state index in [0.717, 1.165) is 5.69 Å². The summed E-state index contributed by atoms with van der Waals surface area (Å²) in [5, 5.41) is 0. The van der Waals surface area contributed by atoms with Crippen LogP contribution in [0, 0.1) is 13.8 Å². The highest BCUT2D eigenvalue weighted by molar-refractivity contribution is 5.81. The highest BCUT2D eigenvalue weighted by Crippen LogP contribution is 2.23. The first kappa shape index (κ1) is 10.7. The average molecular weight is 212 g/mol. The smallest absolute Gasteiger partial charge is 0.0924 e. The highest BCUT2D eigenvalue weighted by atomic mass is 14.8. The van der Waals surface area contributed by atoms with Gasteiger partial charge in [-0.25, -0.2) is 4.98 Å². The molecule has 0 unspecified atom stereocenters. The number of hydrogen-bond donors (Lipinski definition) is 1.